The Hall–Kier alpha value is -2.37. The molecule has 1 aliphatic carbocycles. The predicted molar refractivity (Wildman–Crippen MR) is 69.2 cm³/mol. The van der Waals surface area contributed by atoms with E-state index in [-0.39, 0.29) is 11.9 Å². The van der Waals surface area contributed by atoms with Gasteiger partial charge in [0, 0.05) is 19.9 Å². The monoisotopic (exact) mass is 274 g/mol. The van der Waals surface area contributed by atoms with E-state index >= 15 is 0 Å². The number of fused-ring (bicyclic) bond motifs is 1. The summed E-state index contributed by atoms with van der Waals surface area (Å²) in [5, 5.41) is 2.34. The lowest BCUT2D eigenvalue weighted by atomic mass is 9.95. The van der Waals surface area contributed by atoms with Gasteiger partial charge in [-0.3, -0.25) is 10.1 Å². The third kappa shape index (κ3) is 1.54. The second kappa shape index (κ2) is 4.06. The van der Waals surface area contributed by atoms with E-state index in [0.717, 1.165) is 11.1 Å². The molecule has 0 bridgehead atoms. The Morgan fingerprint density at radius 3 is 2.60 bits per heavy atom. The van der Waals surface area contributed by atoms with Crippen molar-refractivity contribution in [3.63, 3.8) is 0 Å². The van der Waals surface area contributed by atoms with Gasteiger partial charge < -0.3 is 9.64 Å². The quantitative estimate of drug-likeness (QED) is 0.597. The minimum atomic E-state index is -0.853. The Morgan fingerprint density at radius 2 is 2.00 bits per heavy atom. The lowest BCUT2D eigenvalue weighted by Crippen LogP contribution is -2.48. The number of rotatable bonds is 1. The van der Waals surface area contributed by atoms with Crippen molar-refractivity contribution in [1.82, 2.24) is 10.2 Å². The maximum Gasteiger partial charge on any atom is 0.337 e. The van der Waals surface area contributed by atoms with Crippen LogP contribution in [0.3, 0.4) is 0 Å². The molecule has 1 spiro atoms. The number of amides is 3. The molecule has 20 heavy (non-hydrogen) atoms. The second-order valence-electron chi connectivity index (χ2n) is 5.18. The highest BCUT2D eigenvalue weighted by Gasteiger charge is 2.54. The average molecular weight is 274 g/mol. The normalized spacial score (nSPS) is 24.0. The first-order valence-electron chi connectivity index (χ1n) is 6.27. The van der Waals surface area contributed by atoms with Crippen LogP contribution in [0.2, 0.25) is 0 Å². The first kappa shape index (κ1) is 12.7. The summed E-state index contributed by atoms with van der Waals surface area (Å²) >= 11 is 0. The fourth-order valence-electron chi connectivity index (χ4n) is 2.94. The number of ether oxygens (including phenoxy) is 1. The SMILES string of the molecule is COC(=O)c1ccc2c(c1)C[C@@]1(C2)C(=O)NC(=O)N1C. The zero-order valence-electron chi connectivity index (χ0n) is 11.2. The van der Waals surface area contributed by atoms with Gasteiger partial charge in [-0.15, -0.1) is 0 Å². The molecule has 1 atom stereocenters. The lowest BCUT2D eigenvalue weighted by molar-refractivity contribution is -0.125. The van der Waals surface area contributed by atoms with Crippen LogP contribution in [0.4, 0.5) is 4.79 Å². The highest BCUT2D eigenvalue weighted by atomic mass is 16.5. The Morgan fingerprint density at radius 1 is 1.30 bits per heavy atom. The molecule has 6 nitrogen and oxygen atoms in total. The van der Waals surface area contributed by atoms with Gasteiger partial charge in [-0.25, -0.2) is 9.59 Å². The molecule has 1 N–H and O–H groups in total. The molecule has 1 aromatic rings. The topological polar surface area (TPSA) is 75.7 Å². The van der Waals surface area contributed by atoms with E-state index in [4.69, 9.17) is 0 Å². The van der Waals surface area contributed by atoms with E-state index in [1.807, 2.05) is 6.07 Å². The molecular weight excluding hydrogens is 260 g/mol. The third-order valence-corrected chi connectivity index (χ3v) is 4.18. The number of methoxy groups -OCH3 is 1. The van der Waals surface area contributed by atoms with Gasteiger partial charge in [-0.2, -0.15) is 0 Å². The zero-order chi connectivity index (χ0) is 14.5. The number of nitrogens with one attached hydrogen (secondary N) is 1. The van der Waals surface area contributed by atoms with E-state index in [2.05, 4.69) is 10.1 Å². The molecule has 1 fully saturated rings. The molecule has 3 rings (SSSR count). The molecule has 0 radical (unpaired) electrons. The molecule has 104 valence electrons. The Balaban J connectivity index is 1.98. The summed E-state index contributed by atoms with van der Waals surface area (Å²) in [6.45, 7) is 0. The second-order valence-corrected chi connectivity index (χ2v) is 5.18. The summed E-state index contributed by atoms with van der Waals surface area (Å²) in [7, 11) is 2.95. The van der Waals surface area contributed by atoms with E-state index in [1.165, 1.54) is 12.0 Å². The Kier molecular flexibility index (Phi) is 2.57. The summed E-state index contributed by atoms with van der Waals surface area (Å²) in [4.78, 5) is 36.7. The summed E-state index contributed by atoms with van der Waals surface area (Å²) in [6.07, 6.45) is 0.888. The van der Waals surface area contributed by atoms with Gasteiger partial charge >= 0.3 is 12.0 Å². The highest BCUT2D eigenvalue weighted by Crippen LogP contribution is 2.37. The molecule has 0 saturated carbocycles. The molecule has 1 heterocycles. The maximum atomic E-state index is 12.1. The maximum absolute atomic E-state index is 12.1. The Bertz CT molecular complexity index is 640. The number of esters is 1. The molecule has 6 heteroatoms. The molecule has 0 unspecified atom stereocenters. The van der Waals surface area contributed by atoms with E-state index in [1.54, 1.807) is 19.2 Å². The summed E-state index contributed by atoms with van der Waals surface area (Å²) < 4.78 is 4.69. The fourth-order valence-corrected chi connectivity index (χ4v) is 2.94. The van der Waals surface area contributed by atoms with Crippen LogP contribution in [-0.4, -0.2) is 42.5 Å². The van der Waals surface area contributed by atoms with Crippen LogP contribution in [-0.2, 0) is 22.4 Å². The van der Waals surface area contributed by atoms with E-state index in [0.29, 0.717) is 18.4 Å². The first-order chi connectivity index (χ1) is 9.48. The summed E-state index contributed by atoms with van der Waals surface area (Å²) in [5.74, 6) is -0.685. The number of likely N-dealkylation sites (N-methyl/N-ethyl adjacent to an activating group) is 1. The zero-order valence-corrected chi connectivity index (χ0v) is 11.2. The van der Waals surface area contributed by atoms with Crippen molar-refractivity contribution < 1.29 is 19.1 Å². The van der Waals surface area contributed by atoms with Crippen LogP contribution in [0, 0.1) is 0 Å². The van der Waals surface area contributed by atoms with E-state index in [9.17, 15) is 14.4 Å². The van der Waals surface area contributed by atoms with Crippen molar-refractivity contribution in [2.75, 3.05) is 14.2 Å². The van der Waals surface area contributed by atoms with Crippen molar-refractivity contribution in [3.8, 4) is 0 Å². The number of carbonyl (C=O) groups excluding carboxylic acids is 3. The molecule has 2 aliphatic rings. The van der Waals surface area contributed by atoms with Gasteiger partial charge in [-0.1, -0.05) is 6.07 Å². The van der Waals surface area contributed by atoms with Gasteiger partial charge in [-0.05, 0) is 23.3 Å². The van der Waals surface area contributed by atoms with Crippen molar-refractivity contribution in [1.29, 1.82) is 0 Å². The number of nitrogens with zero attached hydrogens (tertiary/aromatic N) is 1. The lowest BCUT2D eigenvalue weighted by Gasteiger charge is -2.27. The van der Waals surface area contributed by atoms with Gasteiger partial charge in [0.05, 0.1) is 12.7 Å². The highest BCUT2D eigenvalue weighted by molar-refractivity contribution is 6.07. The molecule has 3 amide bonds. The van der Waals surface area contributed by atoms with Crippen LogP contribution in [0.1, 0.15) is 21.5 Å². The number of urea groups is 1. The van der Waals surface area contributed by atoms with Crippen LogP contribution in [0.25, 0.3) is 0 Å². The standard InChI is InChI=1S/C14H14N2O4/c1-16-13(19)15-12(18)14(16)6-9-4-3-8(11(17)20-2)5-10(9)7-14/h3-5H,6-7H2,1-2H3,(H,15,18,19)/t14-/m0/s1. The van der Waals surface area contributed by atoms with Crippen LogP contribution in [0.5, 0.6) is 0 Å². The first-order valence-corrected chi connectivity index (χ1v) is 6.27. The number of hydrogen-bond acceptors (Lipinski definition) is 4. The minimum absolute atomic E-state index is 0.277. The fraction of sp³-hybridized carbons (Fsp3) is 0.357. The largest absolute Gasteiger partial charge is 0.465 e. The van der Waals surface area contributed by atoms with Crippen molar-refractivity contribution >= 4 is 17.9 Å². The van der Waals surface area contributed by atoms with Crippen LogP contribution >= 0.6 is 0 Å². The van der Waals surface area contributed by atoms with Crippen molar-refractivity contribution in [3.05, 3.63) is 34.9 Å². The van der Waals surface area contributed by atoms with Crippen molar-refractivity contribution in [2.45, 2.75) is 18.4 Å². The molecule has 1 aliphatic heterocycles. The number of carbonyl (C=O) groups is 3. The van der Waals surface area contributed by atoms with Gasteiger partial charge in [0.2, 0.25) is 0 Å². The summed E-state index contributed by atoms with van der Waals surface area (Å²) in [6, 6.07) is 4.86. The smallest absolute Gasteiger partial charge is 0.337 e. The molecular formula is C14H14N2O4. The number of benzene rings is 1. The van der Waals surface area contributed by atoms with Crippen LogP contribution < -0.4 is 5.32 Å². The molecule has 0 aromatic heterocycles. The number of imide groups is 1. The van der Waals surface area contributed by atoms with Gasteiger partial charge in [0.25, 0.3) is 5.91 Å². The van der Waals surface area contributed by atoms with Crippen molar-refractivity contribution in [2.24, 2.45) is 0 Å². The number of hydrogen-bond donors (Lipinski definition) is 1. The minimum Gasteiger partial charge on any atom is -0.465 e. The Labute approximate surface area is 115 Å². The van der Waals surface area contributed by atoms with Crippen LogP contribution in [0.15, 0.2) is 18.2 Å². The molecule has 1 aromatic carbocycles. The third-order valence-electron chi connectivity index (χ3n) is 4.18. The van der Waals surface area contributed by atoms with Gasteiger partial charge in [0.1, 0.15) is 5.54 Å². The predicted octanol–water partition coefficient (Wildman–Crippen LogP) is 0.492. The van der Waals surface area contributed by atoms with Gasteiger partial charge in [0.15, 0.2) is 0 Å². The average Bonchev–Trinajstić information content (AvgIpc) is 2.92. The molecule has 1 saturated heterocycles. The summed E-state index contributed by atoms with van der Waals surface area (Å²) in [5.41, 5.74) is 1.49. The van der Waals surface area contributed by atoms with E-state index < -0.39 is 11.5 Å².